The second-order valence-electron chi connectivity index (χ2n) is 3.44. The minimum absolute atomic E-state index is 0.00530. The number of pyridine rings is 1. The van der Waals surface area contributed by atoms with Crippen molar-refractivity contribution in [3.8, 4) is 0 Å². The van der Waals surface area contributed by atoms with Gasteiger partial charge in [-0.1, -0.05) is 23.2 Å². The minimum Gasteiger partial charge on any atom is -0.347 e. The summed E-state index contributed by atoms with van der Waals surface area (Å²) >= 11 is 11.4. The second kappa shape index (κ2) is 5.84. The van der Waals surface area contributed by atoms with Crippen LogP contribution < -0.4 is 5.32 Å². The number of hydrogen-bond acceptors (Lipinski definition) is 3. The van der Waals surface area contributed by atoms with Gasteiger partial charge in [0.2, 0.25) is 5.91 Å². The maximum atomic E-state index is 11.7. The molecule has 17 heavy (non-hydrogen) atoms. The predicted molar refractivity (Wildman–Crippen MR) is 65.3 cm³/mol. The highest BCUT2D eigenvalue weighted by Crippen LogP contribution is 2.16. The van der Waals surface area contributed by atoms with Crippen molar-refractivity contribution >= 4 is 35.0 Å². The van der Waals surface area contributed by atoms with Crippen LogP contribution in [0.25, 0.3) is 0 Å². The van der Waals surface area contributed by atoms with E-state index < -0.39 is 5.91 Å². The molecule has 92 valence electrons. The molecule has 1 aromatic heterocycles. The second-order valence-corrected chi connectivity index (χ2v) is 4.23. The Morgan fingerprint density at radius 2 is 2.00 bits per heavy atom. The molecule has 0 fully saturated rings. The number of nitrogens with zero attached hydrogens (tertiary/aromatic N) is 2. The predicted octanol–water partition coefficient (Wildman–Crippen LogP) is 1.21. The molecule has 2 amide bonds. The lowest BCUT2D eigenvalue weighted by atomic mass is 10.3. The number of carbonyl (C=O) groups is 2. The molecule has 0 spiro atoms. The smallest absolute Gasteiger partial charge is 0.271 e. The number of halogens is 2. The lowest BCUT2D eigenvalue weighted by molar-refractivity contribution is -0.127. The highest BCUT2D eigenvalue weighted by molar-refractivity contribution is 6.34. The first-order chi connectivity index (χ1) is 7.91. The summed E-state index contributed by atoms with van der Waals surface area (Å²) in [5.41, 5.74) is 0.00530. The van der Waals surface area contributed by atoms with Gasteiger partial charge in [-0.25, -0.2) is 4.98 Å². The molecule has 0 radical (unpaired) electrons. The van der Waals surface area contributed by atoms with Gasteiger partial charge in [0.25, 0.3) is 5.91 Å². The zero-order valence-electron chi connectivity index (χ0n) is 9.33. The number of likely N-dealkylation sites (N-methyl/N-ethyl adjacent to an activating group) is 1. The van der Waals surface area contributed by atoms with Crippen LogP contribution in [0.4, 0.5) is 0 Å². The molecular weight excluding hydrogens is 265 g/mol. The van der Waals surface area contributed by atoms with E-state index in [0.29, 0.717) is 0 Å². The quantitative estimate of drug-likeness (QED) is 0.844. The van der Waals surface area contributed by atoms with Crippen molar-refractivity contribution in [3.05, 3.63) is 28.0 Å². The normalized spacial score (nSPS) is 9.88. The first-order valence-corrected chi connectivity index (χ1v) is 5.48. The molecule has 7 heteroatoms. The fourth-order valence-electron chi connectivity index (χ4n) is 0.975. The standard InChI is InChI=1S/C10H11Cl2N3O2/c1-15(2)8(16)5-13-10(17)9-6(11)3-4-7(12)14-9/h3-4H,5H2,1-2H3,(H,13,17). The monoisotopic (exact) mass is 275 g/mol. The van der Waals surface area contributed by atoms with E-state index in [1.807, 2.05) is 0 Å². The van der Waals surface area contributed by atoms with Gasteiger partial charge in [0.1, 0.15) is 10.8 Å². The Morgan fingerprint density at radius 1 is 1.35 bits per heavy atom. The number of nitrogens with one attached hydrogen (secondary N) is 1. The summed E-state index contributed by atoms with van der Waals surface area (Å²) in [5, 5.41) is 2.76. The Labute approximate surface area is 109 Å². The zero-order valence-corrected chi connectivity index (χ0v) is 10.8. The molecule has 0 unspecified atom stereocenters. The fourth-order valence-corrected chi connectivity index (χ4v) is 1.31. The Kier molecular flexibility index (Phi) is 4.72. The highest BCUT2D eigenvalue weighted by Gasteiger charge is 2.14. The molecule has 0 bridgehead atoms. The summed E-state index contributed by atoms with van der Waals surface area (Å²) in [4.78, 5) is 28.1. The molecule has 1 N–H and O–H groups in total. The van der Waals surface area contributed by atoms with E-state index in [-0.39, 0.29) is 28.3 Å². The number of amides is 2. The first kappa shape index (κ1) is 13.7. The highest BCUT2D eigenvalue weighted by atomic mass is 35.5. The molecule has 0 aliphatic heterocycles. The molecule has 0 aliphatic carbocycles. The molecule has 0 saturated carbocycles. The van der Waals surface area contributed by atoms with E-state index >= 15 is 0 Å². The molecule has 0 aliphatic rings. The van der Waals surface area contributed by atoms with Gasteiger partial charge in [0, 0.05) is 14.1 Å². The van der Waals surface area contributed by atoms with Gasteiger partial charge < -0.3 is 10.2 Å². The van der Waals surface area contributed by atoms with Crippen molar-refractivity contribution in [2.75, 3.05) is 20.6 Å². The number of aromatic nitrogens is 1. The average molecular weight is 276 g/mol. The van der Waals surface area contributed by atoms with Crippen molar-refractivity contribution < 1.29 is 9.59 Å². The third-order valence-electron chi connectivity index (χ3n) is 1.93. The summed E-state index contributed by atoms with van der Waals surface area (Å²) in [6.07, 6.45) is 0. The molecule has 1 rings (SSSR count). The van der Waals surface area contributed by atoms with E-state index in [1.165, 1.54) is 17.0 Å². The van der Waals surface area contributed by atoms with E-state index in [1.54, 1.807) is 14.1 Å². The Bertz CT molecular complexity index is 449. The summed E-state index contributed by atoms with van der Waals surface area (Å²) < 4.78 is 0. The minimum atomic E-state index is -0.535. The van der Waals surface area contributed by atoms with E-state index in [2.05, 4.69) is 10.3 Å². The topological polar surface area (TPSA) is 62.3 Å². The fraction of sp³-hybridized carbons (Fsp3) is 0.300. The van der Waals surface area contributed by atoms with Crippen molar-refractivity contribution in [1.82, 2.24) is 15.2 Å². The molecular formula is C10H11Cl2N3O2. The number of carbonyl (C=O) groups excluding carboxylic acids is 2. The van der Waals surface area contributed by atoms with Gasteiger partial charge in [-0.05, 0) is 12.1 Å². The first-order valence-electron chi connectivity index (χ1n) is 4.72. The van der Waals surface area contributed by atoms with Crippen LogP contribution in [0.1, 0.15) is 10.5 Å². The third-order valence-corrected chi connectivity index (χ3v) is 2.44. The van der Waals surface area contributed by atoms with E-state index in [9.17, 15) is 9.59 Å². The summed E-state index contributed by atoms with van der Waals surface area (Å²) in [7, 11) is 3.19. The molecule has 1 heterocycles. The van der Waals surface area contributed by atoms with Gasteiger partial charge in [-0.2, -0.15) is 0 Å². The van der Waals surface area contributed by atoms with Crippen LogP contribution in [0.15, 0.2) is 12.1 Å². The maximum Gasteiger partial charge on any atom is 0.271 e. The van der Waals surface area contributed by atoms with Crippen LogP contribution in [0.3, 0.4) is 0 Å². The summed E-state index contributed by atoms with van der Waals surface area (Å²) in [6, 6.07) is 2.95. The van der Waals surface area contributed by atoms with Crippen molar-refractivity contribution in [2.45, 2.75) is 0 Å². The van der Waals surface area contributed by atoms with Gasteiger partial charge in [-0.3, -0.25) is 9.59 Å². The van der Waals surface area contributed by atoms with Gasteiger partial charge >= 0.3 is 0 Å². The molecule has 0 saturated heterocycles. The lowest BCUT2D eigenvalue weighted by Gasteiger charge is -2.11. The van der Waals surface area contributed by atoms with Crippen molar-refractivity contribution in [3.63, 3.8) is 0 Å². The van der Waals surface area contributed by atoms with Crippen LogP contribution in [0.2, 0.25) is 10.2 Å². The van der Waals surface area contributed by atoms with E-state index in [4.69, 9.17) is 23.2 Å². The van der Waals surface area contributed by atoms with Crippen LogP contribution in [-0.4, -0.2) is 42.3 Å². The van der Waals surface area contributed by atoms with Gasteiger partial charge in [-0.15, -0.1) is 0 Å². The molecule has 0 aromatic carbocycles. The third kappa shape index (κ3) is 3.87. The van der Waals surface area contributed by atoms with Crippen molar-refractivity contribution in [1.29, 1.82) is 0 Å². The van der Waals surface area contributed by atoms with Gasteiger partial charge in [0.05, 0.1) is 11.6 Å². The maximum absolute atomic E-state index is 11.7. The Morgan fingerprint density at radius 3 is 2.59 bits per heavy atom. The van der Waals surface area contributed by atoms with E-state index in [0.717, 1.165) is 0 Å². The molecule has 0 atom stereocenters. The molecule has 1 aromatic rings. The lowest BCUT2D eigenvalue weighted by Crippen LogP contribution is -2.36. The Hall–Kier alpha value is -1.33. The SMILES string of the molecule is CN(C)C(=O)CNC(=O)c1nc(Cl)ccc1Cl. The van der Waals surface area contributed by atoms with Crippen molar-refractivity contribution in [2.24, 2.45) is 0 Å². The average Bonchev–Trinajstić information content (AvgIpc) is 2.28. The van der Waals surface area contributed by atoms with Crippen LogP contribution >= 0.6 is 23.2 Å². The zero-order chi connectivity index (χ0) is 13.0. The van der Waals surface area contributed by atoms with Crippen LogP contribution in [0.5, 0.6) is 0 Å². The van der Waals surface area contributed by atoms with Crippen LogP contribution in [0, 0.1) is 0 Å². The molecule has 5 nitrogen and oxygen atoms in total. The number of rotatable bonds is 3. The van der Waals surface area contributed by atoms with Gasteiger partial charge in [0.15, 0.2) is 0 Å². The summed E-state index contributed by atoms with van der Waals surface area (Å²) in [6.45, 7) is -0.115. The summed E-state index contributed by atoms with van der Waals surface area (Å²) in [5.74, 6) is -0.760. The Balaban J connectivity index is 2.70. The van der Waals surface area contributed by atoms with Crippen LogP contribution in [-0.2, 0) is 4.79 Å². The number of hydrogen-bond donors (Lipinski definition) is 1. The largest absolute Gasteiger partial charge is 0.347 e.